The fourth-order valence-electron chi connectivity index (χ4n) is 1.99. The van der Waals surface area contributed by atoms with Crippen LogP contribution in [0.3, 0.4) is 0 Å². The van der Waals surface area contributed by atoms with Gasteiger partial charge in [-0.25, -0.2) is 4.98 Å². The lowest BCUT2D eigenvalue weighted by molar-refractivity contribution is -0.144. The highest BCUT2D eigenvalue weighted by atomic mass is 35.5. The zero-order chi connectivity index (χ0) is 13.1. The Labute approximate surface area is 110 Å². The first-order chi connectivity index (χ1) is 8.61. The van der Waals surface area contributed by atoms with Gasteiger partial charge < -0.3 is 9.64 Å². The molecule has 1 aromatic rings. The third-order valence-corrected chi connectivity index (χ3v) is 3.15. The number of pyridine rings is 1. The van der Waals surface area contributed by atoms with Crippen LogP contribution in [0.5, 0.6) is 0 Å². The molecule has 0 aliphatic carbocycles. The van der Waals surface area contributed by atoms with Gasteiger partial charge in [0.15, 0.2) is 0 Å². The molecular weight excluding hydrogens is 256 g/mol. The number of carbonyl (C=O) groups is 2. The van der Waals surface area contributed by atoms with Gasteiger partial charge >= 0.3 is 5.97 Å². The molecule has 0 aromatic carbocycles. The zero-order valence-electron chi connectivity index (χ0n) is 9.93. The molecule has 1 aromatic heterocycles. The second-order valence-electron chi connectivity index (χ2n) is 4.11. The Morgan fingerprint density at radius 1 is 1.50 bits per heavy atom. The maximum absolute atomic E-state index is 12.1. The first-order valence-electron chi connectivity index (χ1n) is 5.61. The molecule has 18 heavy (non-hydrogen) atoms. The molecule has 0 bridgehead atoms. The molecule has 1 unspecified atom stereocenters. The van der Waals surface area contributed by atoms with Gasteiger partial charge in [0, 0.05) is 13.1 Å². The van der Waals surface area contributed by atoms with Crippen LogP contribution in [0.15, 0.2) is 18.2 Å². The summed E-state index contributed by atoms with van der Waals surface area (Å²) >= 11 is 5.74. The summed E-state index contributed by atoms with van der Waals surface area (Å²) in [6.07, 6.45) is 0.624. The summed E-state index contributed by atoms with van der Waals surface area (Å²) in [6.45, 7) is 0.909. The Hall–Kier alpha value is -1.62. The molecule has 6 heteroatoms. The lowest BCUT2D eigenvalue weighted by atomic mass is 10.1. The first-order valence-corrected chi connectivity index (χ1v) is 5.99. The number of halogens is 1. The molecule has 1 saturated heterocycles. The van der Waals surface area contributed by atoms with E-state index in [2.05, 4.69) is 9.72 Å². The van der Waals surface area contributed by atoms with Crippen molar-refractivity contribution in [3.8, 4) is 0 Å². The molecule has 0 spiro atoms. The van der Waals surface area contributed by atoms with Crippen LogP contribution in [0.1, 0.15) is 16.9 Å². The number of ether oxygens (including phenoxy) is 1. The molecule has 0 saturated carbocycles. The summed E-state index contributed by atoms with van der Waals surface area (Å²) < 4.78 is 4.67. The average molecular weight is 269 g/mol. The third kappa shape index (κ3) is 2.61. The number of hydrogen-bond donors (Lipinski definition) is 0. The molecule has 1 atom stereocenters. The summed E-state index contributed by atoms with van der Waals surface area (Å²) in [7, 11) is 1.35. The molecule has 1 aliphatic rings. The van der Waals surface area contributed by atoms with Crippen molar-refractivity contribution in [2.75, 3.05) is 20.2 Å². The van der Waals surface area contributed by atoms with Gasteiger partial charge in [-0.3, -0.25) is 9.59 Å². The topological polar surface area (TPSA) is 59.5 Å². The van der Waals surface area contributed by atoms with Crippen molar-refractivity contribution in [2.24, 2.45) is 5.92 Å². The molecule has 1 aliphatic heterocycles. The second kappa shape index (κ2) is 5.35. The monoisotopic (exact) mass is 268 g/mol. The van der Waals surface area contributed by atoms with Crippen molar-refractivity contribution in [3.63, 3.8) is 0 Å². The van der Waals surface area contributed by atoms with Crippen LogP contribution in [-0.4, -0.2) is 42.0 Å². The maximum Gasteiger partial charge on any atom is 0.310 e. The largest absolute Gasteiger partial charge is 0.469 e. The fraction of sp³-hybridized carbons (Fsp3) is 0.417. The Bertz CT molecular complexity index is 478. The van der Waals surface area contributed by atoms with Crippen molar-refractivity contribution >= 4 is 23.5 Å². The van der Waals surface area contributed by atoms with Gasteiger partial charge in [0.25, 0.3) is 5.91 Å². The third-order valence-electron chi connectivity index (χ3n) is 2.94. The quantitative estimate of drug-likeness (QED) is 0.600. The number of nitrogens with zero attached hydrogens (tertiary/aromatic N) is 2. The lowest BCUT2D eigenvalue weighted by Crippen LogP contribution is -2.30. The van der Waals surface area contributed by atoms with E-state index in [4.69, 9.17) is 11.6 Å². The molecule has 0 radical (unpaired) electrons. The van der Waals surface area contributed by atoms with Crippen molar-refractivity contribution < 1.29 is 14.3 Å². The highest BCUT2D eigenvalue weighted by Gasteiger charge is 2.32. The van der Waals surface area contributed by atoms with Gasteiger partial charge in [-0.15, -0.1) is 0 Å². The van der Waals surface area contributed by atoms with Crippen LogP contribution >= 0.6 is 11.6 Å². The Morgan fingerprint density at radius 3 is 2.94 bits per heavy atom. The van der Waals surface area contributed by atoms with Gasteiger partial charge in [0.1, 0.15) is 10.8 Å². The first kappa shape index (κ1) is 12.8. The van der Waals surface area contributed by atoms with Gasteiger partial charge in [-0.1, -0.05) is 17.7 Å². The second-order valence-corrected chi connectivity index (χ2v) is 4.49. The smallest absolute Gasteiger partial charge is 0.310 e. The van der Waals surface area contributed by atoms with E-state index in [0.29, 0.717) is 25.2 Å². The van der Waals surface area contributed by atoms with E-state index in [9.17, 15) is 9.59 Å². The standard InChI is InChI=1S/C12H13ClN2O3/c1-18-12(17)8-5-6-15(7-8)11(16)9-3-2-4-10(13)14-9/h2-4,8H,5-7H2,1H3. The predicted molar refractivity (Wildman–Crippen MR) is 65.3 cm³/mol. The molecular formula is C12H13ClN2O3. The number of methoxy groups -OCH3 is 1. The molecule has 96 valence electrons. The Morgan fingerprint density at radius 2 is 2.28 bits per heavy atom. The van der Waals surface area contributed by atoms with Crippen molar-refractivity contribution in [1.82, 2.24) is 9.88 Å². The summed E-state index contributed by atoms with van der Waals surface area (Å²) in [5.41, 5.74) is 0.299. The molecule has 5 nitrogen and oxygen atoms in total. The molecule has 2 heterocycles. The van der Waals surface area contributed by atoms with Gasteiger partial charge in [-0.2, -0.15) is 0 Å². The predicted octanol–water partition coefficient (Wildman–Crippen LogP) is 1.37. The van der Waals surface area contributed by atoms with Crippen LogP contribution in [0.2, 0.25) is 5.15 Å². The number of esters is 1. The minimum Gasteiger partial charge on any atom is -0.469 e. The number of carbonyl (C=O) groups excluding carboxylic acids is 2. The van der Waals surface area contributed by atoms with E-state index in [1.807, 2.05) is 0 Å². The van der Waals surface area contributed by atoms with Crippen LogP contribution in [0, 0.1) is 5.92 Å². The number of amides is 1. The Balaban J connectivity index is 2.06. The minimum absolute atomic E-state index is 0.205. The number of aromatic nitrogens is 1. The molecule has 2 rings (SSSR count). The highest BCUT2D eigenvalue weighted by molar-refractivity contribution is 6.29. The number of likely N-dealkylation sites (tertiary alicyclic amines) is 1. The lowest BCUT2D eigenvalue weighted by Gasteiger charge is -2.15. The number of rotatable bonds is 2. The van der Waals surface area contributed by atoms with E-state index < -0.39 is 0 Å². The summed E-state index contributed by atoms with van der Waals surface area (Å²) in [5, 5.41) is 0.282. The van der Waals surface area contributed by atoms with E-state index in [1.54, 1.807) is 23.1 Å². The van der Waals surface area contributed by atoms with Crippen molar-refractivity contribution in [1.29, 1.82) is 0 Å². The van der Waals surface area contributed by atoms with E-state index in [0.717, 1.165) is 0 Å². The summed E-state index contributed by atoms with van der Waals surface area (Å²) in [5.74, 6) is -0.716. The normalized spacial score (nSPS) is 18.8. The SMILES string of the molecule is COC(=O)C1CCN(C(=O)c2cccc(Cl)n2)C1. The van der Waals surface area contributed by atoms with Gasteiger partial charge in [0.05, 0.1) is 13.0 Å². The minimum atomic E-state index is -0.274. The molecule has 1 amide bonds. The summed E-state index contributed by atoms with van der Waals surface area (Å²) in [6, 6.07) is 4.90. The van der Waals surface area contributed by atoms with E-state index in [1.165, 1.54) is 7.11 Å². The van der Waals surface area contributed by atoms with E-state index >= 15 is 0 Å². The maximum atomic E-state index is 12.1. The van der Waals surface area contributed by atoms with E-state index in [-0.39, 0.29) is 22.9 Å². The Kier molecular flexibility index (Phi) is 3.81. The molecule has 1 fully saturated rings. The van der Waals surface area contributed by atoms with Crippen LogP contribution in [0.25, 0.3) is 0 Å². The molecule has 0 N–H and O–H groups in total. The van der Waals surface area contributed by atoms with Crippen LogP contribution in [-0.2, 0) is 9.53 Å². The van der Waals surface area contributed by atoms with Gasteiger partial charge in [-0.05, 0) is 18.6 Å². The average Bonchev–Trinajstić information content (AvgIpc) is 2.86. The highest BCUT2D eigenvalue weighted by Crippen LogP contribution is 2.19. The van der Waals surface area contributed by atoms with Crippen LogP contribution < -0.4 is 0 Å². The van der Waals surface area contributed by atoms with Crippen LogP contribution in [0.4, 0.5) is 0 Å². The van der Waals surface area contributed by atoms with Gasteiger partial charge in [0.2, 0.25) is 0 Å². The fourth-order valence-corrected chi connectivity index (χ4v) is 2.16. The number of hydrogen-bond acceptors (Lipinski definition) is 4. The van der Waals surface area contributed by atoms with Crippen molar-refractivity contribution in [2.45, 2.75) is 6.42 Å². The summed E-state index contributed by atoms with van der Waals surface area (Å²) in [4.78, 5) is 29.0. The van der Waals surface area contributed by atoms with Crippen molar-refractivity contribution in [3.05, 3.63) is 29.0 Å². The zero-order valence-corrected chi connectivity index (χ0v) is 10.7.